The Bertz CT molecular complexity index is 272. The van der Waals surface area contributed by atoms with Crippen LogP contribution in [0.2, 0.25) is 0 Å². The molecule has 1 heterocycles. The Labute approximate surface area is 90.1 Å². The van der Waals surface area contributed by atoms with Gasteiger partial charge in [-0.05, 0) is 18.9 Å². The van der Waals surface area contributed by atoms with Crippen molar-refractivity contribution in [2.75, 3.05) is 18.5 Å². The van der Waals surface area contributed by atoms with Gasteiger partial charge in [-0.15, -0.1) is 0 Å². The highest BCUT2D eigenvalue weighted by Gasteiger charge is 2.14. The molecule has 4 heteroatoms. The second-order valence-electron chi connectivity index (χ2n) is 3.80. The number of nitrogens with one attached hydrogen (secondary N) is 1. The first kappa shape index (κ1) is 10.4. The van der Waals surface area contributed by atoms with Crippen LogP contribution in [0.25, 0.3) is 0 Å². The van der Waals surface area contributed by atoms with Crippen LogP contribution < -0.4 is 5.32 Å². The van der Waals surface area contributed by atoms with Gasteiger partial charge in [0.05, 0.1) is 12.7 Å². The molecule has 82 valence electrons. The molecule has 0 unspecified atom stereocenters. The van der Waals surface area contributed by atoms with Gasteiger partial charge in [-0.25, -0.2) is 9.97 Å². The normalized spacial score (nSPS) is 16.8. The monoisotopic (exact) mass is 207 g/mol. The Morgan fingerprint density at radius 2 is 2.27 bits per heavy atom. The number of rotatable bonds is 5. The van der Waals surface area contributed by atoms with Crippen LogP contribution in [0.4, 0.5) is 5.82 Å². The van der Waals surface area contributed by atoms with E-state index in [4.69, 9.17) is 4.74 Å². The topological polar surface area (TPSA) is 47.0 Å². The van der Waals surface area contributed by atoms with Gasteiger partial charge in [0.15, 0.2) is 0 Å². The molecule has 0 aliphatic heterocycles. The summed E-state index contributed by atoms with van der Waals surface area (Å²) in [7, 11) is 0. The fourth-order valence-corrected chi connectivity index (χ4v) is 1.85. The molecule has 1 saturated carbocycles. The molecule has 0 saturated heterocycles. The number of hydrogen-bond donors (Lipinski definition) is 1. The van der Waals surface area contributed by atoms with Crippen molar-refractivity contribution in [3.63, 3.8) is 0 Å². The SMILES string of the molecule is c1cc(NCCOC2CCCC2)ncn1. The average molecular weight is 207 g/mol. The molecule has 0 bridgehead atoms. The minimum absolute atomic E-state index is 0.497. The summed E-state index contributed by atoms with van der Waals surface area (Å²) in [4.78, 5) is 7.92. The van der Waals surface area contributed by atoms with E-state index in [2.05, 4.69) is 15.3 Å². The summed E-state index contributed by atoms with van der Waals surface area (Å²) in [5.41, 5.74) is 0. The van der Waals surface area contributed by atoms with Crippen LogP contribution in [-0.4, -0.2) is 29.2 Å². The molecule has 1 fully saturated rings. The molecule has 1 aliphatic rings. The molecule has 4 nitrogen and oxygen atoms in total. The maximum absolute atomic E-state index is 5.72. The number of ether oxygens (including phenoxy) is 1. The van der Waals surface area contributed by atoms with Gasteiger partial charge in [-0.2, -0.15) is 0 Å². The van der Waals surface area contributed by atoms with E-state index in [-0.39, 0.29) is 0 Å². The molecule has 15 heavy (non-hydrogen) atoms. The maximum Gasteiger partial charge on any atom is 0.129 e. The van der Waals surface area contributed by atoms with E-state index in [0.717, 1.165) is 19.0 Å². The lowest BCUT2D eigenvalue weighted by Crippen LogP contribution is -2.15. The first-order chi connectivity index (χ1) is 7.45. The third-order valence-electron chi connectivity index (χ3n) is 2.65. The number of aromatic nitrogens is 2. The molecule has 0 radical (unpaired) electrons. The van der Waals surface area contributed by atoms with Gasteiger partial charge in [-0.3, -0.25) is 0 Å². The number of nitrogens with zero attached hydrogens (tertiary/aromatic N) is 2. The third-order valence-corrected chi connectivity index (χ3v) is 2.65. The van der Waals surface area contributed by atoms with E-state index < -0.39 is 0 Å². The van der Waals surface area contributed by atoms with Crippen LogP contribution in [0.15, 0.2) is 18.6 Å². The summed E-state index contributed by atoms with van der Waals surface area (Å²) in [6.45, 7) is 1.57. The lowest BCUT2D eigenvalue weighted by molar-refractivity contribution is 0.0658. The van der Waals surface area contributed by atoms with Crippen LogP contribution >= 0.6 is 0 Å². The van der Waals surface area contributed by atoms with Crippen molar-refractivity contribution in [2.45, 2.75) is 31.8 Å². The molecule has 0 spiro atoms. The Morgan fingerprint density at radius 1 is 1.40 bits per heavy atom. The zero-order valence-corrected chi connectivity index (χ0v) is 8.85. The molecule has 1 aliphatic carbocycles. The van der Waals surface area contributed by atoms with Crippen LogP contribution in [0.1, 0.15) is 25.7 Å². The van der Waals surface area contributed by atoms with Gasteiger partial charge in [0.25, 0.3) is 0 Å². The minimum Gasteiger partial charge on any atom is -0.376 e. The standard InChI is InChI=1S/C11H17N3O/c1-2-4-10(3-1)15-8-7-13-11-5-6-12-9-14-11/h5-6,9-10H,1-4,7-8H2,(H,12,13,14). The highest BCUT2D eigenvalue weighted by Crippen LogP contribution is 2.20. The number of hydrogen-bond acceptors (Lipinski definition) is 4. The van der Waals surface area contributed by atoms with Crippen molar-refractivity contribution in [3.8, 4) is 0 Å². The zero-order chi connectivity index (χ0) is 10.3. The molecule has 0 atom stereocenters. The summed E-state index contributed by atoms with van der Waals surface area (Å²) < 4.78 is 5.72. The first-order valence-corrected chi connectivity index (χ1v) is 5.56. The summed E-state index contributed by atoms with van der Waals surface area (Å²) >= 11 is 0. The molecular formula is C11H17N3O. The van der Waals surface area contributed by atoms with Gasteiger partial charge in [0, 0.05) is 12.7 Å². The van der Waals surface area contributed by atoms with Crippen LogP contribution in [-0.2, 0) is 4.74 Å². The maximum atomic E-state index is 5.72. The van der Waals surface area contributed by atoms with Gasteiger partial charge in [-0.1, -0.05) is 12.8 Å². The molecule has 1 aromatic heterocycles. The first-order valence-electron chi connectivity index (χ1n) is 5.56. The van der Waals surface area contributed by atoms with Gasteiger partial charge in [0.2, 0.25) is 0 Å². The smallest absolute Gasteiger partial charge is 0.129 e. The van der Waals surface area contributed by atoms with Gasteiger partial charge < -0.3 is 10.1 Å². The summed E-state index contributed by atoms with van der Waals surface area (Å²) in [6, 6.07) is 1.86. The second kappa shape index (κ2) is 5.66. The van der Waals surface area contributed by atoms with E-state index in [1.807, 2.05) is 6.07 Å². The van der Waals surface area contributed by atoms with Crippen molar-refractivity contribution in [3.05, 3.63) is 18.6 Å². The predicted octanol–water partition coefficient (Wildman–Crippen LogP) is 1.85. The van der Waals surface area contributed by atoms with Crippen LogP contribution in [0, 0.1) is 0 Å². The van der Waals surface area contributed by atoms with Gasteiger partial charge >= 0.3 is 0 Å². The largest absolute Gasteiger partial charge is 0.376 e. The van der Waals surface area contributed by atoms with Crippen molar-refractivity contribution in [1.29, 1.82) is 0 Å². The van der Waals surface area contributed by atoms with Crippen molar-refractivity contribution < 1.29 is 4.74 Å². The Kier molecular flexibility index (Phi) is 3.91. The van der Waals surface area contributed by atoms with Gasteiger partial charge in [0.1, 0.15) is 12.1 Å². The van der Waals surface area contributed by atoms with E-state index in [9.17, 15) is 0 Å². The second-order valence-corrected chi connectivity index (χ2v) is 3.80. The summed E-state index contributed by atoms with van der Waals surface area (Å²) in [6.07, 6.45) is 8.87. The quantitative estimate of drug-likeness (QED) is 0.748. The van der Waals surface area contributed by atoms with Crippen molar-refractivity contribution in [2.24, 2.45) is 0 Å². The van der Waals surface area contributed by atoms with Crippen molar-refractivity contribution in [1.82, 2.24) is 9.97 Å². The Hall–Kier alpha value is -1.16. The molecule has 1 aromatic rings. The highest BCUT2D eigenvalue weighted by atomic mass is 16.5. The Balaban J connectivity index is 1.59. The molecule has 0 aromatic carbocycles. The predicted molar refractivity (Wildman–Crippen MR) is 58.7 cm³/mol. The van der Waals surface area contributed by atoms with Crippen LogP contribution in [0.3, 0.4) is 0 Å². The van der Waals surface area contributed by atoms with Crippen LogP contribution in [0.5, 0.6) is 0 Å². The Morgan fingerprint density at radius 3 is 3.00 bits per heavy atom. The zero-order valence-electron chi connectivity index (χ0n) is 8.85. The lowest BCUT2D eigenvalue weighted by atomic mass is 10.3. The van der Waals surface area contributed by atoms with E-state index >= 15 is 0 Å². The fraction of sp³-hybridized carbons (Fsp3) is 0.636. The number of anilines is 1. The fourth-order valence-electron chi connectivity index (χ4n) is 1.85. The highest BCUT2D eigenvalue weighted by molar-refractivity contribution is 5.31. The molecule has 2 rings (SSSR count). The summed E-state index contributed by atoms with van der Waals surface area (Å²) in [5, 5.41) is 3.19. The van der Waals surface area contributed by atoms with Crippen molar-refractivity contribution >= 4 is 5.82 Å². The molecular weight excluding hydrogens is 190 g/mol. The summed E-state index contributed by atoms with van der Waals surface area (Å²) in [5.74, 6) is 0.861. The molecule has 1 N–H and O–H groups in total. The van der Waals surface area contributed by atoms with E-state index in [0.29, 0.717) is 6.10 Å². The third kappa shape index (κ3) is 3.47. The average Bonchev–Trinajstić information content (AvgIpc) is 2.79. The lowest BCUT2D eigenvalue weighted by Gasteiger charge is -2.11. The minimum atomic E-state index is 0.497. The molecule has 0 amide bonds. The van der Waals surface area contributed by atoms with E-state index in [1.54, 1.807) is 12.5 Å². The van der Waals surface area contributed by atoms with E-state index in [1.165, 1.54) is 25.7 Å².